The average molecular weight is 347 g/mol. The Bertz CT molecular complexity index is 397. The van der Waals surface area contributed by atoms with E-state index in [1.807, 2.05) is 0 Å². The van der Waals surface area contributed by atoms with Gasteiger partial charge in [0.2, 0.25) is 0 Å². The maximum absolute atomic E-state index is 4.93. The van der Waals surface area contributed by atoms with Crippen molar-refractivity contribution < 1.29 is 20.8 Å². The van der Waals surface area contributed by atoms with Gasteiger partial charge in [-0.15, -0.1) is 0 Å². The Labute approximate surface area is 123 Å². The van der Waals surface area contributed by atoms with E-state index in [9.17, 15) is 0 Å². The maximum atomic E-state index is 4.93. The fourth-order valence-electron chi connectivity index (χ4n) is 2.01. The zero-order chi connectivity index (χ0) is 12.8. The van der Waals surface area contributed by atoms with Gasteiger partial charge in [-0.2, -0.15) is 0 Å². The molecule has 3 heteroatoms. The molecule has 0 aromatic heterocycles. The summed E-state index contributed by atoms with van der Waals surface area (Å²) >= 11 is -0.826. The zero-order valence-electron chi connectivity index (χ0n) is 10.4. The quantitative estimate of drug-likeness (QED) is 0.687. The van der Waals surface area contributed by atoms with Crippen LogP contribution >= 0.6 is 17.0 Å². The molecule has 0 atom stereocenters. The number of hydrogen-bond donors (Lipinski definition) is 0. The van der Waals surface area contributed by atoms with Crippen LogP contribution in [0, 0.1) is 12.3 Å². The molecule has 2 rings (SSSR count). The molecule has 1 aromatic rings. The number of benzene rings is 1. The Morgan fingerprint density at radius 2 is 1.82 bits per heavy atom. The van der Waals surface area contributed by atoms with E-state index in [1.165, 1.54) is 28.7 Å². The van der Waals surface area contributed by atoms with Crippen LogP contribution in [0.3, 0.4) is 0 Å². The predicted octanol–water partition coefficient (Wildman–Crippen LogP) is 5.23. The summed E-state index contributed by atoms with van der Waals surface area (Å²) in [7, 11) is 9.87. The van der Waals surface area contributed by atoms with Crippen LogP contribution in [0.2, 0.25) is 0 Å². The fourth-order valence-corrected chi connectivity index (χ4v) is 2.01. The molecule has 1 aromatic carbocycles. The molecule has 0 fully saturated rings. The van der Waals surface area contributed by atoms with Crippen LogP contribution in [0.25, 0.3) is 6.08 Å². The standard InChI is InChI=1S/C14H17.2ClH.Zr/c1-10(2)6-12-4-5-13-7-11(3)8-14(13)9-12;;;/h4-5,7-10H,6H2,1-3H3;2*1H;/q;;;+2/p-2. The van der Waals surface area contributed by atoms with Gasteiger partial charge in [-0.05, 0) is 36.0 Å². The van der Waals surface area contributed by atoms with Gasteiger partial charge in [-0.1, -0.05) is 43.7 Å². The molecule has 1 aliphatic carbocycles. The van der Waals surface area contributed by atoms with Crippen LogP contribution in [0.5, 0.6) is 0 Å². The molecule has 0 nitrogen and oxygen atoms in total. The minimum absolute atomic E-state index is 0.739. The first-order valence-corrected chi connectivity index (χ1v) is 12.0. The van der Waals surface area contributed by atoms with Crippen LogP contribution in [0.1, 0.15) is 37.5 Å². The molecule has 0 spiro atoms. The summed E-state index contributed by atoms with van der Waals surface area (Å²) < 4.78 is 0. The molecule has 0 bridgehead atoms. The Morgan fingerprint density at radius 3 is 2.41 bits per heavy atom. The third-order valence-electron chi connectivity index (χ3n) is 2.56. The van der Waals surface area contributed by atoms with Crippen LogP contribution in [0.4, 0.5) is 0 Å². The predicted molar refractivity (Wildman–Crippen MR) is 73.7 cm³/mol. The van der Waals surface area contributed by atoms with Gasteiger partial charge in [0.1, 0.15) is 0 Å². The molecule has 1 radical (unpaired) electrons. The summed E-state index contributed by atoms with van der Waals surface area (Å²) in [6.07, 6.45) is 5.69. The summed E-state index contributed by atoms with van der Waals surface area (Å²) in [5.41, 5.74) is 5.58. The Hall–Kier alpha value is 0.423. The number of rotatable bonds is 2. The average Bonchev–Trinajstić information content (AvgIpc) is 2.57. The second kappa shape index (κ2) is 7.77. The first kappa shape index (κ1) is 15.5. The van der Waals surface area contributed by atoms with Gasteiger partial charge in [0, 0.05) is 6.42 Å². The molecule has 17 heavy (non-hydrogen) atoms. The van der Waals surface area contributed by atoms with E-state index in [0.29, 0.717) is 0 Å². The van der Waals surface area contributed by atoms with Gasteiger partial charge in [-0.3, -0.25) is 0 Å². The second-order valence-corrected chi connectivity index (χ2v) is 8.40. The van der Waals surface area contributed by atoms with E-state index in [2.05, 4.69) is 51.5 Å². The van der Waals surface area contributed by atoms with Crippen molar-refractivity contribution in [3.05, 3.63) is 46.9 Å². The van der Waals surface area contributed by atoms with Crippen molar-refractivity contribution in [3.63, 3.8) is 0 Å². The summed E-state index contributed by atoms with van der Waals surface area (Å²) in [6, 6.07) is 6.81. The molecule has 0 N–H and O–H groups in total. The minimum atomic E-state index is -0.826. The fraction of sp³-hybridized carbons (Fsp3) is 0.357. The van der Waals surface area contributed by atoms with Crippen molar-refractivity contribution in [1.29, 1.82) is 0 Å². The van der Waals surface area contributed by atoms with Gasteiger partial charge < -0.3 is 0 Å². The van der Waals surface area contributed by atoms with Crippen molar-refractivity contribution in [1.82, 2.24) is 0 Å². The Balaban J connectivity index is 0.000000437. The molecule has 1 aliphatic rings. The topological polar surface area (TPSA) is 0 Å². The third kappa shape index (κ3) is 5.29. The normalized spacial score (nSPS) is 12.7. The van der Waals surface area contributed by atoms with E-state index in [-0.39, 0.29) is 0 Å². The van der Waals surface area contributed by atoms with E-state index in [4.69, 9.17) is 17.0 Å². The first-order chi connectivity index (χ1) is 8.06. The number of halogens is 2. The van der Waals surface area contributed by atoms with Crippen LogP contribution < -0.4 is 0 Å². The zero-order valence-corrected chi connectivity index (χ0v) is 14.4. The van der Waals surface area contributed by atoms with Crippen molar-refractivity contribution in [3.8, 4) is 0 Å². The van der Waals surface area contributed by atoms with Gasteiger partial charge in [-0.25, -0.2) is 0 Å². The molecule has 0 saturated heterocycles. The molecule has 0 unspecified atom stereocenters. The molecular formula is C14H17Cl2Zr. The number of fused-ring (bicyclic) bond motifs is 1. The monoisotopic (exact) mass is 345 g/mol. The molecule has 0 heterocycles. The Morgan fingerprint density at radius 1 is 1.18 bits per heavy atom. The van der Waals surface area contributed by atoms with Gasteiger partial charge in [0.05, 0.1) is 0 Å². The first-order valence-electron chi connectivity index (χ1n) is 5.69. The van der Waals surface area contributed by atoms with Crippen molar-refractivity contribution in [2.45, 2.75) is 27.2 Å². The van der Waals surface area contributed by atoms with Gasteiger partial charge in [0.25, 0.3) is 0 Å². The van der Waals surface area contributed by atoms with Gasteiger partial charge in [0.15, 0.2) is 0 Å². The molecule has 0 amide bonds. The van der Waals surface area contributed by atoms with Crippen molar-refractivity contribution in [2.24, 2.45) is 5.92 Å². The molecule has 91 valence electrons. The molecule has 0 aliphatic heterocycles. The Kier molecular flexibility index (Phi) is 7.08. The molecule has 0 saturated carbocycles. The van der Waals surface area contributed by atoms with Crippen molar-refractivity contribution >= 4 is 23.1 Å². The van der Waals surface area contributed by atoms with E-state index in [1.54, 1.807) is 0 Å². The second-order valence-electron chi connectivity index (χ2n) is 4.67. The van der Waals surface area contributed by atoms with E-state index in [0.717, 1.165) is 5.92 Å². The summed E-state index contributed by atoms with van der Waals surface area (Å²) in [5.74, 6) is 0.739. The molecular weight excluding hydrogens is 330 g/mol. The SMILES string of the molecule is CC1=Cc2cc(CC(C)C)ccc2[CH]1.[Cl][Zr][Cl]. The third-order valence-corrected chi connectivity index (χ3v) is 2.56. The van der Waals surface area contributed by atoms with Crippen LogP contribution in [0.15, 0.2) is 23.8 Å². The van der Waals surface area contributed by atoms with E-state index < -0.39 is 20.8 Å². The summed E-state index contributed by atoms with van der Waals surface area (Å²) in [6.45, 7) is 6.68. The van der Waals surface area contributed by atoms with Gasteiger partial charge >= 0.3 is 37.9 Å². The van der Waals surface area contributed by atoms with Crippen LogP contribution in [-0.2, 0) is 27.3 Å². The number of allylic oxidation sites excluding steroid dienone is 1. The summed E-state index contributed by atoms with van der Waals surface area (Å²) in [4.78, 5) is 0. The number of hydrogen-bond acceptors (Lipinski definition) is 0. The van der Waals surface area contributed by atoms with E-state index >= 15 is 0 Å². The summed E-state index contributed by atoms with van der Waals surface area (Å²) in [5, 5.41) is 0. The van der Waals surface area contributed by atoms with Crippen LogP contribution in [-0.4, -0.2) is 0 Å². The van der Waals surface area contributed by atoms with Crippen molar-refractivity contribution in [2.75, 3.05) is 0 Å².